The van der Waals surface area contributed by atoms with Crippen molar-refractivity contribution >= 4 is 16.8 Å². The van der Waals surface area contributed by atoms with Gasteiger partial charge in [0.25, 0.3) is 5.91 Å². The van der Waals surface area contributed by atoms with E-state index < -0.39 is 0 Å². The number of aromatic nitrogens is 1. The molecule has 1 amide bonds. The molecular formula is C17H20N2O2. The third-order valence-electron chi connectivity index (χ3n) is 4.18. The Morgan fingerprint density at radius 3 is 2.71 bits per heavy atom. The van der Waals surface area contributed by atoms with Crippen LogP contribution in [0.2, 0.25) is 0 Å². The van der Waals surface area contributed by atoms with Crippen LogP contribution in [0.3, 0.4) is 0 Å². The average Bonchev–Trinajstić information content (AvgIpc) is 3.05. The molecule has 4 heteroatoms. The summed E-state index contributed by atoms with van der Waals surface area (Å²) in [6, 6.07) is 11.7. The van der Waals surface area contributed by atoms with Crippen LogP contribution < -0.4 is 0 Å². The van der Waals surface area contributed by atoms with Crippen LogP contribution in [0.1, 0.15) is 36.2 Å². The first-order valence-corrected chi connectivity index (χ1v) is 7.57. The number of hydrogen-bond donors (Lipinski definition) is 1. The summed E-state index contributed by atoms with van der Waals surface area (Å²) in [6.07, 6.45) is 4.37. The van der Waals surface area contributed by atoms with Crippen LogP contribution in [0.15, 0.2) is 36.4 Å². The zero-order valence-electron chi connectivity index (χ0n) is 12.0. The van der Waals surface area contributed by atoms with E-state index in [1.807, 2.05) is 30.3 Å². The SMILES string of the molecule is O=C(c1ccc2ccccc2n1)N(CCO)C1CCCC1. The number of aliphatic hydroxyl groups excluding tert-OH is 1. The van der Waals surface area contributed by atoms with Crippen molar-refractivity contribution in [2.45, 2.75) is 31.7 Å². The lowest BCUT2D eigenvalue weighted by molar-refractivity contribution is 0.0632. The third kappa shape index (κ3) is 2.90. The number of nitrogens with zero attached hydrogens (tertiary/aromatic N) is 2. The summed E-state index contributed by atoms with van der Waals surface area (Å²) >= 11 is 0. The van der Waals surface area contributed by atoms with Gasteiger partial charge < -0.3 is 10.0 Å². The summed E-state index contributed by atoms with van der Waals surface area (Å²) in [6.45, 7) is 0.383. The van der Waals surface area contributed by atoms with Gasteiger partial charge in [-0.3, -0.25) is 4.79 Å². The van der Waals surface area contributed by atoms with Gasteiger partial charge in [-0.2, -0.15) is 0 Å². The number of hydrogen-bond acceptors (Lipinski definition) is 3. The first-order valence-electron chi connectivity index (χ1n) is 7.57. The Balaban J connectivity index is 1.89. The molecule has 1 saturated carbocycles. The van der Waals surface area contributed by atoms with Crippen LogP contribution in [0, 0.1) is 0 Å². The van der Waals surface area contributed by atoms with Gasteiger partial charge in [-0.05, 0) is 25.0 Å². The maximum absolute atomic E-state index is 12.7. The zero-order valence-corrected chi connectivity index (χ0v) is 12.0. The summed E-state index contributed by atoms with van der Waals surface area (Å²) in [4.78, 5) is 19.0. The number of rotatable bonds is 4. The molecule has 0 saturated heterocycles. The van der Waals surface area contributed by atoms with Gasteiger partial charge in [0.15, 0.2) is 0 Å². The molecule has 1 heterocycles. The number of fused-ring (bicyclic) bond motifs is 1. The first kappa shape index (κ1) is 14.0. The molecule has 1 N–H and O–H groups in total. The standard InChI is InChI=1S/C17H20N2O2/c20-12-11-19(14-6-2-3-7-14)17(21)16-10-9-13-5-1-4-8-15(13)18-16/h1,4-5,8-10,14,20H,2-3,6-7,11-12H2. The Bertz CT molecular complexity index is 635. The Labute approximate surface area is 124 Å². The molecular weight excluding hydrogens is 264 g/mol. The number of carbonyl (C=O) groups excluding carboxylic acids is 1. The number of pyridine rings is 1. The van der Waals surface area contributed by atoms with Gasteiger partial charge in [0.2, 0.25) is 0 Å². The summed E-state index contributed by atoms with van der Waals surface area (Å²) in [7, 11) is 0. The highest BCUT2D eigenvalue weighted by molar-refractivity contribution is 5.95. The second kappa shape index (κ2) is 6.22. The van der Waals surface area contributed by atoms with Crippen molar-refractivity contribution in [3.63, 3.8) is 0 Å². The van der Waals surface area contributed by atoms with Gasteiger partial charge in [0, 0.05) is 18.0 Å². The Morgan fingerprint density at radius 1 is 1.19 bits per heavy atom. The normalized spacial score (nSPS) is 15.5. The minimum absolute atomic E-state index is 0.00415. The molecule has 110 valence electrons. The highest BCUT2D eigenvalue weighted by Crippen LogP contribution is 2.25. The fourth-order valence-corrected chi connectivity index (χ4v) is 3.11. The minimum atomic E-state index is -0.0679. The van der Waals surface area contributed by atoms with E-state index in [0.717, 1.165) is 36.6 Å². The fraction of sp³-hybridized carbons (Fsp3) is 0.412. The molecule has 4 nitrogen and oxygen atoms in total. The molecule has 1 fully saturated rings. The van der Waals surface area contributed by atoms with Crippen LogP contribution in [-0.2, 0) is 0 Å². The lowest BCUT2D eigenvalue weighted by Gasteiger charge is -2.28. The molecule has 0 unspecified atom stereocenters. The zero-order chi connectivity index (χ0) is 14.7. The van der Waals surface area contributed by atoms with Crippen LogP contribution in [0.25, 0.3) is 10.9 Å². The number of para-hydroxylation sites is 1. The topological polar surface area (TPSA) is 53.4 Å². The summed E-state index contributed by atoms with van der Waals surface area (Å²) in [5.74, 6) is -0.0679. The molecule has 21 heavy (non-hydrogen) atoms. The maximum Gasteiger partial charge on any atom is 0.272 e. The van der Waals surface area contributed by atoms with Crippen LogP contribution in [-0.4, -0.2) is 40.1 Å². The summed E-state index contributed by atoms with van der Waals surface area (Å²) in [5, 5.41) is 10.3. The van der Waals surface area contributed by atoms with Crippen molar-refractivity contribution in [1.82, 2.24) is 9.88 Å². The van der Waals surface area contributed by atoms with Crippen LogP contribution >= 0.6 is 0 Å². The summed E-state index contributed by atoms with van der Waals surface area (Å²) < 4.78 is 0. The quantitative estimate of drug-likeness (QED) is 0.939. The molecule has 2 aromatic rings. The van der Waals surface area contributed by atoms with E-state index >= 15 is 0 Å². The number of amides is 1. The lowest BCUT2D eigenvalue weighted by atomic mass is 10.1. The summed E-state index contributed by atoms with van der Waals surface area (Å²) in [5.41, 5.74) is 1.30. The van der Waals surface area contributed by atoms with Gasteiger partial charge in [0.1, 0.15) is 5.69 Å². The van der Waals surface area contributed by atoms with Gasteiger partial charge in [-0.15, -0.1) is 0 Å². The predicted octanol–water partition coefficient (Wildman–Crippen LogP) is 2.61. The molecule has 1 aliphatic carbocycles. The highest BCUT2D eigenvalue weighted by atomic mass is 16.3. The van der Waals surface area contributed by atoms with E-state index in [9.17, 15) is 9.90 Å². The van der Waals surface area contributed by atoms with E-state index in [2.05, 4.69) is 4.98 Å². The molecule has 0 radical (unpaired) electrons. The maximum atomic E-state index is 12.7. The monoisotopic (exact) mass is 284 g/mol. The fourth-order valence-electron chi connectivity index (χ4n) is 3.11. The Morgan fingerprint density at radius 2 is 1.95 bits per heavy atom. The van der Waals surface area contributed by atoms with Gasteiger partial charge >= 0.3 is 0 Å². The van der Waals surface area contributed by atoms with E-state index in [-0.39, 0.29) is 18.6 Å². The molecule has 1 aromatic carbocycles. The third-order valence-corrected chi connectivity index (χ3v) is 4.18. The van der Waals surface area contributed by atoms with E-state index in [1.54, 1.807) is 11.0 Å². The second-order valence-electron chi connectivity index (χ2n) is 5.55. The smallest absolute Gasteiger partial charge is 0.272 e. The van der Waals surface area contributed by atoms with Gasteiger partial charge in [0.05, 0.1) is 12.1 Å². The Hall–Kier alpha value is -1.94. The van der Waals surface area contributed by atoms with Crippen LogP contribution in [0.5, 0.6) is 0 Å². The van der Waals surface area contributed by atoms with Gasteiger partial charge in [-0.25, -0.2) is 4.98 Å². The molecule has 1 aromatic heterocycles. The molecule has 0 aliphatic heterocycles. The predicted molar refractivity (Wildman–Crippen MR) is 82.1 cm³/mol. The molecule has 3 rings (SSSR count). The first-order chi connectivity index (χ1) is 10.3. The second-order valence-corrected chi connectivity index (χ2v) is 5.55. The van der Waals surface area contributed by atoms with Gasteiger partial charge in [-0.1, -0.05) is 37.1 Å². The van der Waals surface area contributed by atoms with E-state index in [4.69, 9.17) is 0 Å². The van der Waals surface area contributed by atoms with Crippen LogP contribution in [0.4, 0.5) is 0 Å². The van der Waals surface area contributed by atoms with Crippen molar-refractivity contribution in [2.75, 3.05) is 13.2 Å². The molecule has 1 aliphatic rings. The lowest BCUT2D eigenvalue weighted by Crippen LogP contribution is -2.41. The molecule has 0 bridgehead atoms. The average molecular weight is 284 g/mol. The van der Waals surface area contributed by atoms with E-state index in [1.165, 1.54) is 0 Å². The van der Waals surface area contributed by atoms with Crippen molar-refractivity contribution in [1.29, 1.82) is 0 Å². The largest absolute Gasteiger partial charge is 0.395 e. The number of benzene rings is 1. The van der Waals surface area contributed by atoms with E-state index in [0.29, 0.717) is 12.2 Å². The highest BCUT2D eigenvalue weighted by Gasteiger charge is 2.27. The molecule has 0 spiro atoms. The van der Waals surface area contributed by atoms with Crippen molar-refractivity contribution < 1.29 is 9.90 Å². The van der Waals surface area contributed by atoms with Crippen molar-refractivity contribution in [3.8, 4) is 0 Å². The van der Waals surface area contributed by atoms with Crippen molar-refractivity contribution in [3.05, 3.63) is 42.1 Å². The number of carbonyl (C=O) groups is 1. The number of aliphatic hydroxyl groups is 1. The Kier molecular flexibility index (Phi) is 4.15. The van der Waals surface area contributed by atoms with Crippen molar-refractivity contribution in [2.24, 2.45) is 0 Å². The minimum Gasteiger partial charge on any atom is -0.395 e. The molecule has 0 atom stereocenters.